The average Bonchev–Trinajstić information content (AvgIpc) is 3.02. The lowest BCUT2D eigenvalue weighted by atomic mass is 10.2. The molecule has 1 saturated carbocycles. The number of carbonyl (C=O) groups is 1. The van der Waals surface area contributed by atoms with Crippen molar-refractivity contribution in [3.8, 4) is 0 Å². The average molecular weight is 215 g/mol. The molecular weight excluding hydrogens is 194 g/mol. The van der Waals surface area contributed by atoms with Gasteiger partial charge in [-0.25, -0.2) is 5.84 Å². The van der Waals surface area contributed by atoms with E-state index < -0.39 is 0 Å². The summed E-state index contributed by atoms with van der Waals surface area (Å²) >= 11 is 0. The normalized spacial score (nSPS) is 17.9. The van der Waals surface area contributed by atoms with E-state index in [2.05, 4.69) is 17.2 Å². The molecule has 3 N–H and O–H groups in total. The molecule has 1 unspecified atom stereocenters. The number of hydrogen-bond donors (Lipinski definition) is 2. The lowest BCUT2D eigenvalue weighted by Gasteiger charge is -2.28. The van der Waals surface area contributed by atoms with E-state index in [1.807, 2.05) is 0 Å². The van der Waals surface area contributed by atoms with Crippen molar-refractivity contribution in [2.45, 2.75) is 38.3 Å². The van der Waals surface area contributed by atoms with Crippen LogP contribution in [0.15, 0.2) is 0 Å². The maximum atomic E-state index is 11.1. The Balaban J connectivity index is 2.36. The number of nitrogens with two attached hydrogens (primary N) is 1. The molecule has 0 bridgehead atoms. The van der Waals surface area contributed by atoms with Crippen LogP contribution in [0, 0.1) is 0 Å². The highest BCUT2D eigenvalue weighted by Gasteiger charge is 2.32. The van der Waals surface area contributed by atoms with Crippen molar-refractivity contribution in [2.75, 3.05) is 20.3 Å². The van der Waals surface area contributed by atoms with Crippen molar-refractivity contribution >= 4 is 5.91 Å². The first-order chi connectivity index (χ1) is 7.19. The van der Waals surface area contributed by atoms with Crippen LogP contribution >= 0.6 is 0 Å². The summed E-state index contributed by atoms with van der Waals surface area (Å²) in [5.74, 6) is 4.96. The Hall–Kier alpha value is -0.650. The number of ether oxygens (including phenoxy) is 1. The summed E-state index contributed by atoms with van der Waals surface area (Å²) in [6.45, 7) is 3.66. The van der Waals surface area contributed by atoms with Gasteiger partial charge in [0.15, 0.2) is 0 Å². The Morgan fingerprint density at radius 2 is 2.33 bits per heavy atom. The van der Waals surface area contributed by atoms with Crippen LogP contribution in [0.4, 0.5) is 0 Å². The van der Waals surface area contributed by atoms with Gasteiger partial charge in [-0.15, -0.1) is 0 Å². The first-order valence-electron chi connectivity index (χ1n) is 5.43. The Labute approximate surface area is 90.9 Å². The standard InChI is InChI=1S/C10H21N3O2/c1-8(7-10(14)12-11)13(5-6-15-2)9-3-4-9/h8-9H,3-7,11H2,1-2H3,(H,12,14). The second-order valence-electron chi connectivity index (χ2n) is 4.08. The number of carbonyl (C=O) groups excluding carboxylic acids is 1. The lowest BCUT2D eigenvalue weighted by molar-refractivity contribution is -0.122. The number of hydrazine groups is 1. The zero-order valence-electron chi connectivity index (χ0n) is 9.53. The van der Waals surface area contributed by atoms with Gasteiger partial charge in [-0.2, -0.15) is 0 Å². The van der Waals surface area contributed by atoms with Crippen LogP contribution in [-0.2, 0) is 9.53 Å². The van der Waals surface area contributed by atoms with E-state index in [-0.39, 0.29) is 11.9 Å². The molecule has 0 aromatic carbocycles. The van der Waals surface area contributed by atoms with E-state index in [0.29, 0.717) is 19.1 Å². The number of nitrogens with zero attached hydrogens (tertiary/aromatic N) is 1. The van der Waals surface area contributed by atoms with Gasteiger partial charge in [0.05, 0.1) is 6.61 Å². The zero-order chi connectivity index (χ0) is 11.3. The predicted octanol–water partition coefficient (Wildman–Crippen LogP) is -0.134. The highest BCUT2D eigenvalue weighted by atomic mass is 16.5. The van der Waals surface area contributed by atoms with Crippen LogP contribution in [0.5, 0.6) is 0 Å². The van der Waals surface area contributed by atoms with Gasteiger partial charge in [-0.05, 0) is 19.8 Å². The molecule has 0 aromatic heterocycles. The summed E-state index contributed by atoms with van der Waals surface area (Å²) in [5.41, 5.74) is 2.17. The van der Waals surface area contributed by atoms with Gasteiger partial charge in [0.25, 0.3) is 0 Å². The van der Waals surface area contributed by atoms with Crippen LogP contribution < -0.4 is 11.3 Å². The zero-order valence-corrected chi connectivity index (χ0v) is 9.53. The van der Waals surface area contributed by atoms with Crippen LogP contribution in [0.1, 0.15) is 26.2 Å². The van der Waals surface area contributed by atoms with Crippen molar-refractivity contribution in [1.82, 2.24) is 10.3 Å². The Bertz CT molecular complexity index is 207. The maximum Gasteiger partial charge on any atom is 0.235 e. The quantitative estimate of drug-likeness (QED) is 0.352. The van der Waals surface area contributed by atoms with Gasteiger partial charge < -0.3 is 4.74 Å². The van der Waals surface area contributed by atoms with Gasteiger partial charge in [-0.3, -0.25) is 15.1 Å². The third kappa shape index (κ3) is 4.15. The number of hydrogen-bond acceptors (Lipinski definition) is 4. The third-order valence-electron chi connectivity index (χ3n) is 2.78. The number of amides is 1. The summed E-state index contributed by atoms with van der Waals surface area (Å²) in [6.07, 6.45) is 2.92. The minimum Gasteiger partial charge on any atom is -0.383 e. The second kappa shape index (κ2) is 6.05. The second-order valence-corrected chi connectivity index (χ2v) is 4.08. The predicted molar refractivity (Wildman–Crippen MR) is 58.0 cm³/mol. The van der Waals surface area contributed by atoms with E-state index >= 15 is 0 Å². The molecule has 0 spiro atoms. The summed E-state index contributed by atoms with van der Waals surface area (Å²) in [5, 5.41) is 0. The molecule has 15 heavy (non-hydrogen) atoms. The summed E-state index contributed by atoms with van der Waals surface area (Å²) in [6, 6.07) is 0.872. The molecule has 5 nitrogen and oxygen atoms in total. The van der Waals surface area contributed by atoms with Crippen molar-refractivity contribution in [3.63, 3.8) is 0 Å². The van der Waals surface area contributed by atoms with Crippen molar-refractivity contribution in [2.24, 2.45) is 5.84 Å². The van der Waals surface area contributed by atoms with E-state index in [1.165, 1.54) is 12.8 Å². The molecule has 1 aliphatic carbocycles. The topological polar surface area (TPSA) is 67.6 Å². The highest BCUT2D eigenvalue weighted by Crippen LogP contribution is 2.29. The highest BCUT2D eigenvalue weighted by molar-refractivity contribution is 5.75. The van der Waals surface area contributed by atoms with E-state index in [1.54, 1.807) is 7.11 Å². The monoisotopic (exact) mass is 215 g/mol. The maximum absolute atomic E-state index is 11.1. The molecule has 0 aliphatic heterocycles. The lowest BCUT2D eigenvalue weighted by Crippen LogP contribution is -2.42. The van der Waals surface area contributed by atoms with Crippen LogP contribution in [0.2, 0.25) is 0 Å². The van der Waals surface area contributed by atoms with Gasteiger partial charge in [0.2, 0.25) is 5.91 Å². The largest absolute Gasteiger partial charge is 0.383 e. The first-order valence-corrected chi connectivity index (χ1v) is 5.43. The van der Waals surface area contributed by atoms with Gasteiger partial charge in [-0.1, -0.05) is 0 Å². The molecule has 0 heterocycles. The fourth-order valence-electron chi connectivity index (χ4n) is 1.81. The molecule has 1 amide bonds. The molecule has 1 rings (SSSR count). The Morgan fingerprint density at radius 3 is 2.80 bits per heavy atom. The Morgan fingerprint density at radius 1 is 1.67 bits per heavy atom. The number of methoxy groups -OCH3 is 1. The molecule has 1 atom stereocenters. The fourth-order valence-corrected chi connectivity index (χ4v) is 1.81. The third-order valence-corrected chi connectivity index (χ3v) is 2.78. The molecule has 88 valence electrons. The molecular formula is C10H21N3O2. The molecule has 1 aliphatic rings. The smallest absolute Gasteiger partial charge is 0.235 e. The van der Waals surface area contributed by atoms with Crippen LogP contribution in [0.3, 0.4) is 0 Å². The van der Waals surface area contributed by atoms with E-state index in [4.69, 9.17) is 10.6 Å². The van der Waals surface area contributed by atoms with Crippen molar-refractivity contribution < 1.29 is 9.53 Å². The molecule has 5 heteroatoms. The fraction of sp³-hybridized carbons (Fsp3) is 0.900. The van der Waals surface area contributed by atoms with Gasteiger partial charge in [0, 0.05) is 32.2 Å². The van der Waals surface area contributed by atoms with Crippen molar-refractivity contribution in [1.29, 1.82) is 0 Å². The SMILES string of the molecule is COCCN(C(C)CC(=O)NN)C1CC1. The number of rotatable bonds is 7. The minimum absolute atomic E-state index is 0.106. The van der Waals surface area contributed by atoms with Crippen molar-refractivity contribution in [3.05, 3.63) is 0 Å². The van der Waals surface area contributed by atoms with Gasteiger partial charge >= 0.3 is 0 Å². The van der Waals surface area contributed by atoms with Gasteiger partial charge in [0.1, 0.15) is 0 Å². The summed E-state index contributed by atoms with van der Waals surface area (Å²) < 4.78 is 5.06. The minimum atomic E-state index is -0.106. The van der Waals surface area contributed by atoms with Crippen LogP contribution in [0.25, 0.3) is 0 Å². The van der Waals surface area contributed by atoms with Crippen LogP contribution in [-0.4, -0.2) is 43.2 Å². The number of nitrogens with one attached hydrogen (secondary N) is 1. The molecule has 0 aromatic rings. The Kier molecular flexibility index (Phi) is 5.01. The summed E-state index contributed by atoms with van der Waals surface area (Å²) in [4.78, 5) is 13.5. The first kappa shape index (κ1) is 12.4. The van der Waals surface area contributed by atoms with E-state index in [0.717, 1.165) is 6.54 Å². The molecule has 0 saturated heterocycles. The van der Waals surface area contributed by atoms with E-state index in [9.17, 15) is 4.79 Å². The summed E-state index contributed by atoms with van der Waals surface area (Å²) in [7, 11) is 1.70. The molecule has 1 fully saturated rings. The molecule has 0 radical (unpaired) electrons.